The number of unbranched alkanes of at least 4 members (excludes halogenated alkanes) is 2. The Bertz CT molecular complexity index is 20.4. The van der Waals surface area contributed by atoms with Crippen LogP contribution in [0.3, 0.4) is 0 Å². The Morgan fingerprint density at radius 3 is 1.00 bits per heavy atom. The molecule has 0 heterocycles. The van der Waals surface area contributed by atoms with Crippen LogP contribution in [0.15, 0.2) is 0 Å². The van der Waals surface area contributed by atoms with Crippen molar-refractivity contribution in [3.63, 3.8) is 0 Å². The molecule has 9 heavy (non-hydrogen) atoms. The summed E-state index contributed by atoms with van der Waals surface area (Å²) in [5.74, 6) is 0. The van der Waals surface area contributed by atoms with E-state index in [2.05, 4.69) is 13.8 Å². The summed E-state index contributed by atoms with van der Waals surface area (Å²) in [5, 5.41) is 0. The van der Waals surface area contributed by atoms with Gasteiger partial charge in [-0.2, -0.15) is 12.8 Å². The summed E-state index contributed by atoms with van der Waals surface area (Å²) in [6, 6.07) is 0. The van der Waals surface area contributed by atoms with Crippen molar-refractivity contribution in [3.8, 4) is 0 Å². The molecule has 0 spiro atoms. The molecule has 0 aliphatic carbocycles. The Balaban J connectivity index is -0.0000000133. The minimum Gasteiger partial charge on any atom is -1.00 e. The van der Waals surface area contributed by atoms with Gasteiger partial charge < -0.3 is 47.8 Å². The summed E-state index contributed by atoms with van der Waals surface area (Å²) < 4.78 is 0. The molecule has 0 unspecified atom stereocenters. The minimum atomic E-state index is 0. The van der Waals surface area contributed by atoms with Crippen molar-refractivity contribution in [1.82, 2.24) is 0 Å². The second-order valence-corrected chi connectivity index (χ2v) is 1.06. The Kier molecular flexibility index (Phi) is 105. The number of hydrogen-bond acceptors (Lipinski definition) is 0. The van der Waals surface area contributed by atoms with E-state index >= 15 is 0 Å². The quantitative estimate of drug-likeness (QED) is 0.351. The molecule has 0 nitrogen and oxygen atoms in total. The summed E-state index contributed by atoms with van der Waals surface area (Å²) in [6.45, 7) is 7.27. The van der Waals surface area contributed by atoms with Crippen molar-refractivity contribution in [2.45, 2.75) is 19.3 Å². The van der Waals surface area contributed by atoms with Crippen LogP contribution in [-0.2, 0) is 0 Å². The van der Waals surface area contributed by atoms with Crippen LogP contribution < -0.4 is 34.0 Å². The second kappa shape index (κ2) is 31.3. The van der Waals surface area contributed by atoms with E-state index in [1.807, 2.05) is 0 Å². The van der Waals surface area contributed by atoms with Crippen LogP contribution in [-0.4, -0.2) is 46.1 Å². The molecule has 0 fully saturated rings. The number of hydrogen-bond donors (Lipinski definition) is 0. The van der Waals surface area contributed by atoms with Crippen LogP contribution in [0.5, 0.6) is 0 Å². The molecule has 0 aliphatic heterocycles. The zero-order chi connectivity index (χ0) is 4.12. The molecule has 0 amide bonds. The molecule has 0 N–H and O–H groups in total. The first-order valence-electron chi connectivity index (χ1n) is 2.00. The maximum absolute atomic E-state index is 3.64. The first-order chi connectivity index (χ1) is 2.41. The molecule has 0 aromatic rings. The van der Waals surface area contributed by atoms with Crippen LogP contribution in [0, 0.1) is 13.8 Å². The van der Waals surface area contributed by atoms with Crippen molar-refractivity contribution in [2.24, 2.45) is 0 Å². The molecule has 0 atom stereocenters. The summed E-state index contributed by atoms with van der Waals surface area (Å²) in [4.78, 5) is 0. The Hall–Kier alpha value is 2.49. The van der Waals surface area contributed by atoms with Crippen LogP contribution in [0.25, 0.3) is 0 Å². The van der Waals surface area contributed by atoms with Gasteiger partial charge in [-0.3, -0.25) is 0 Å². The largest absolute Gasteiger partial charge is 2.00 e. The van der Waals surface area contributed by atoms with Crippen molar-refractivity contribution < 1.29 is 34.0 Å². The van der Waals surface area contributed by atoms with Gasteiger partial charge in [0, 0.05) is 0 Å². The zero-order valence-corrected chi connectivity index (χ0v) is 11.7. The van der Waals surface area contributed by atoms with E-state index in [9.17, 15) is 0 Å². The van der Waals surface area contributed by atoms with E-state index in [0.29, 0.717) is 0 Å². The average molecular weight is 279 g/mol. The minimum absolute atomic E-state index is 0. The monoisotopic (exact) mass is 276 g/mol. The van der Waals surface area contributed by atoms with Gasteiger partial charge in [-0.15, -0.1) is 6.42 Å². The van der Waals surface area contributed by atoms with Gasteiger partial charge in [-0.25, -0.2) is 0 Å². The van der Waals surface area contributed by atoms with Gasteiger partial charge in [0.1, 0.15) is 0 Å². The average Bonchev–Trinajstić information content (AvgIpc) is 1.41. The number of halogens is 2. The Labute approximate surface area is 112 Å². The van der Waals surface area contributed by atoms with Gasteiger partial charge in [-0.1, -0.05) is 0 Å². The number of rotatable bonds is 2. The summed E-state index contributed by atoms with van der Waals surface area (Å²) in [6.07, 6.45) is 3.23. The summed E-state index contributed by atoms with van der Waals surface area (Å²) in [7, 11) is 0. The van der Waals surface area contributed by atoms with Crippen molar-refractivity contribution >= 4 is 46.1 Å². The smallest absolute Gasteiger partial charge is 1.00 e. The van der Waals surface area contributed by atoms with E-state index < -0.39 is 0 Å². The fourth-order valence-electron chi connectivity index (χ4n) is 0.177. The predicted molar refractivity (Wildman–Crippen MR) is 36.1 cm³/mol. The van der Waals surface area contributed by atoms with Crippen LogP contribution in [0.1, 0.15) is 19.3 Å². The van der Waals surface area contributed by atoms with E-state index in [4.69, 9.17) is 0 Å². The standard InChI is InChI=1S/C5H10.2BrH.2Mg/c1-3-5-4-2;;;;/h1-5H2;2*1H;;/q-2;;;2*+2/p-2. The van der Waals surface area contributed by atoms with Gasteiger partial charge >= 0.3 is 46.1 Å². The maximum atomic E-state index is 3.64. The van der Waals surface area contributed by atoms with Crippen molar-refractivity contribution in [2.75, 3.05) is 0 Å². The molecule has 0 aromatic heterocycles. The molecule has 0 rings (SSSR count). The molecule has 0 saturated carbocycles. The van der Waals surface area contributed by atoms with Crippen LogP contribution in [0.2, 0.25) is 0 Å². The van der Waals surface area contributed by atoms with E-state index in [0.717, 1.165) is 12.8 Å². The molecule has 4 heteroatoms. The van der Waals surface area contributed by atoms with E-state index in [-0.39, 0.29) is 80.1 Å². The fourth-order valence-corrected chi connectivity index (χ4v) is 0.177. The van der Waals surface area contributed by atoms with Crippen LogP contribution >= 0.6 is 0 Å². The first-order valence-corrected chi connectivity index (χ1v) is 2.00. The van der Waals surface area contributed by atoms with E-state index in [1.54, 1.807) is 0 Å². The zero-order valence-electron chi connectivity index (χ0n) is 5.71. The first kappa shape index (κ1) is 30.0. The molecular formula is C5H10Br2Mg2. The molecular weight excluding hydrogens is 268 g/mol. The molecule has 0 aromatic carbocycles. The van der Waals surface area contributed by atoms with Crippen LogP contribution in [0.4, 0.5) is 0 Å². The Morgan fingerprint density at radius 2 is 1.00 bits per heavy atom. The Morgan fingerprint density at radius 1 is 0.778 bits per heavy atom. The maximum Gasteiger partial charge on any atom is 2.00 e. The summed E-state index contributed by atoms with van der Waals surface area (Å²) in [5.41, 5.74) is 0. The fraction of sp³-hybridized carbons (Fsp3) is 0.600. The van der Waals surface area contributed by atoms with Gasteiger partial charge in [0.25, 0.3) is 0 Å². The van der Waals surface area contributed by atoms with Gasteiger partial charge in [-0.05, 0) is 0 Å². The van der Waals surface area contributed by atoms with Crippen molar-refractivity contribution in [1.29, 1.82) is 0 Å². The van der Waals surface area contributed by atoms with E-state index in [1.165, 1.54) is 6.42 Å². The summed E-state index contributed by atoms with van der Waals surface area (Å²) >= 11 is 0. The van der Waals surface area contributed by atoms with Gasteiger partial charge in [0.05, 0.1) is 0 Å². The topological polar surface area (TPSA) is 0 Å². The van der Waals surface area contributed by atoms with Gasteiger partial charge in [0.2, 0.25) is 0 Å². The predicted octanol–water partition coefficient (Wildman–Crippen LogP) is -4.93. The molecule has 48 valence electrons. The third-order valence-electron chi connectivity index (χ3n) is 0.500. The third-order valence-corrected chi connectivity index (χ3v) is 0.500. The second-order valence-electron chi connectivity index (χ2n) is 1.06. The molecule has 0 bridgehead atoms. The molecule has 0 aliphatic rings. The SMILES string of the molecule is [Br-].[Br-].[CH2-]CCC[CH2-].[Mg+2].[Mg+2]. The normalized spacial score (nSPS) is 4.67. The molecule has 0 saturated heterocycles. The molecule has 0 radical (unpaired) electrons. The van der Waals surface area contributed by atoms with Crippen molar-refractivity contribution in [3.05, 3.63) is 13.8 Å². The van der Waals surface area contributed by atoms with Gasteiger partial charge in [0.15, 0.2) is 0 Å². The third kappa shape index (κ3) is 37.5.